The third-order valence-corrected chi connectivity index (χ3v) is 14.2. The van der Waals surface area contributed by atoms with Gasteiger partial charge in [0.15, 0.2) is 0 Å². The van der Waals surface area contributed by atoms with Crippen LogP contribution in [-0.4, -0.2) is 6.04 Å². The molecule has 0 aromatic heterocycles. The van der Waals surface area contributed by atoms with Gasteiger partial charge in [-0.1, -0.05) is 6.92 Å². The monoisotopic (exact) mass is 382 g/mol. The summed E-state index contributed by atoms with van der Waals surface area (Å²) in [6.45, 7) is 1.22. The molecule has 0 radical (unpaired) electrons. The Bertz CT molecular complexity index is 427. The van der Waals surface area contributed by atoms with Crippen LogP contribution in [0.1, 0.15) is 20.3 Å². The highest BCUT2D eigenvalue weighted by Gasteiger charge is 2.32. The molecule has 0 saturated heterocycles. The van der Waals surface area contributed by atoms with Gasteiger partial charge in [-0.2, -0.15) is 13.5 Å². The summed E-state index contributed by atoms with van der Waals surface area (Å²) in [5.41, 5.74) is 0. The summed E-state index contributed by atoms with van der Waals surface area (Å²) in [4.78, 5) is 0. The van der Waals surface area contributed by atoms with Crippen LogP contribution in [0.25, 0.3) is 0 Å². The molecule has 0 bridgehead atoms. The van der Waals surface area contributed by atoms with Gasteiger partial charge >= 0.3 is 0 Å². The molecule has 1 rings (SSSR count). The molecule has 0 amide bonds. The summed E-state index contributed by atoms with van der Waals surface area (Å²) in [6, 6.07) is 0.123. The van der Waals surface area contributed by atoms with Gasteiger partial charge in [0, 0.05) is 6.04 Å². The van der Waals surface area contributed by atoms with Gasteiger partial charge in [-0.3, -0.25) is 5.09 Å². The molecular formula is C4H10Cl5N4P3. The average Bonchev–Trinajstić information content (AvgIpc) is 1.95. The van der Waals surface area contributed by atoms with Gasteiger partial charge in [-0.25, -0.2) is 0 Å². The molecule has 96 valence electrons. The fourth-order valence-electron chi connectivity index (χ4n) is 0.892. The van der Waals surface area contributed by atoms with E-state index in [1.165, 1.54) is 0 Å². The molecule has 0 aromatic rings. The van der Waals surface area contributed by atoms with Crippen LogP contribution in [0.5, 0.6) is 0 Å². The zero-order valence-corrected chi connectivity index (χ0v) is 14.8. The Hall–Kier alpha value is 2.10. The van der Waals surface area contributed by atoms with E-state index in [1.807, 2.05) is 13.8 Å². The van der Waals surface area contributed by atoms with E-state index in [0.717, 1.165) is 6.42 Å². The molecule has 0 fully saturated rings. The second-order valence-corrected chi connectivity index (χ2v) is 16.5. The van der Waals surface area contributed by atoms with E-state index in [-0.39, 0.29) is 6.04 Å². The Morgan fingerprint density at radius 3 is 1.94 bits per heavy atom. The molecule has 1 heterocycles. The van der Waals surface area contributed by atoms with Gasteiger partial charge in [0.1, 0.15) is 0 Å². The Kier molecular flexibility index (Phi) is 5.67. The summed E-state index contributed by atoms with van der Waals surface area (Å²) in [5.74, 6) is -5.81. The smallest absolute Gasteiger partial charge is 0.251 e. The molecule has 1 aliphatic heterocycles. The van der Waals surface area contributed by atoms with Crippen LogP contribution in [0, 0.1) is 0 Å². The number of nitrogens with zero attached hydrogens (tertiary/aromatic N) is 3. The lowest BCUT2D eigenvalue weighted by atomic mass is 10.3. The molecule has 2 atom stereocenters. The van der Waals surface area contributed by atoms with Crippen molar-refractivity contribution in [1.29, 1.82) is 0 Å². The molecule has 4 nitrogen and oxygen atoms in total. The van der Waals surface area contributed by atoms with Crippen LogP contribution in [0.4, 0.5) is 0 Å². The summed E-state index contributed by atoms with van der Waals surface area (Å²) in [6.07, 6.45) is 0.864. The van der Waals surface area contributed by atoms with Crippen LogP contribution in [0.2, 0.25) is 0 Å². The SMILES string of the molecule is CCC(C)NP1(Cl)=NP(Cl)(Cl)=NP(Cl)(Cl)=N1. The van der Waals surface area contributed by atoms with E-state index in [4.69, 9.17) is 56.2 Å². The number of rotatable bonds is 3. The zero-order chi connectivity index (χ0) is 12.6. The quantitative estimate of drug-likeness (QED) is 0.506. The Morgan fingerprint density at radius 1 is 1.00 bits per heavy atom. The lowest BCUT2D eigenvalue weighted by molar-refractivity contribution is 0.662. The highest BCUT2D eigenvalue weighted by molar-refractivity contribution is 8.22. The van der Waals surface area contributed by atoms with Crippen LogP contribution in [0.3, 0.4) is 0 Å². The first kappa shape index (κ1) is 16.2. The fraction of sp³-hybridized carbons (Fsp3) is 1.00. The van der Waals surface area contributed by atoms with Gasteiger partial charge < -0.3 is 0 Å². The van der Waals surface area contributed by atoms with Gasteiger partial charge in [0.25, 0.3) is 11.8 Å². The van der Waals surface area contributed by atoms with Crippen molar-refractivity contribution in [3.63, 3.8) is 0 Å². The van der Waals surface area contributed by atoms with E-state index in [0.29, 0.717) is 0 Å². The number of nitrogens with one attached hydrogen (secondary N) is 1. The normalized spacial score (nSPS) is 33.2. The Morgan fingerprint density at radius 2 is 1.50 bits per heavy atom. The standard InChI is InChI=1S/C4H10Cl5N4P3/c1-3-4(2)10-16(9)12-14(5,6)11-15(7,8)13-16/h4,10H,3H2,1-2H3. The van der Waals surface area contributed by atoms with Gasteiger partial charge in [0.05, 0.1) is 0 Å². The van der Waals surface area contributed by atoms with E-state index < -0.39 is 18.5 Å². The van der Waals surface area contributed by atoms with Crippen molar-refractivity contribution in [2.45, 2.75) is 26.3 Å². The molecule has 0 saturated carbocycles. The van der Waals surface area contributed by atoms with Gasteiger partial charge in [-0.05, 0) is 69.5 Å². The van der Waals surface area contributed by atoms with Gasteiger partial charge in [-0.15, -0.1) is 0 Å². The summed E-state index contributed by atoms with van der Waals surface area (Å²) in [7, 11) is 0. The minimum Gasteiger partial charge on any atom is -0.251 e. The maximum atomic E-state index is 6.24. The Balaban J connectivity index is 3.21. The van der Waals surface area contributed by atoms with Crippen molar-refractivity contribution in [2.75, 3.05) is 0 Å². The summed E-state index contributed by atoms with van der Waals surface area (Å²) >= 11 is 29.9. The molecule has 0 spiro atoms. The highest BCUT2D eigenvalue weighted by Crippen LogP contribution is 2.85. The van der Waals surface area contributed by atoms with Crippen molar-refractivity contribution in [2.24, 2.45) is 13.5 Å². The average molecular weight is 384 g/mol. The minimum absolute atomic E-state index is 0.123. The largest absolute Gasteiger partial charge is 0.257 e. The first-order valence-corrected chi connectivity index (χ1v) is 13.9. The van der Waals surface area contributed by atoms with Crippen LogP contribution in [0.15, 0.2) is 13.5 Å². The number of hydrogen-bond acceptors (Lipinski definition) is 4. The zero-order valence-electron chi connectivity index (χ0n) is 8.36. The van der Waals surface area contributed by atoms with Gasteiger partial charge in [0.2, 0.25) is 6.71 Å². The van der Waals surface area contributed by atoms with E-state index in [2.05, 4.69) is 18.6 Å². The van der Waals surface area contributed by atoms with Crippen molar-refractivity contribution in [3.8, 4) is 0 Å². The predicted molar refractivity (Wildman–Crippen MR) is 80.2 cm³/mol. The molecule has 1 N–H and O–H groups in total. The fourth-order valence-corrected chi connectivity index (χ4v) is 18.6. The topological polar surface area (TPSA) is 49.1 Å². The number of hydrogen-bond donors (Lipinski definition) is 1. The minimum atomic E-state index is -2.91. The summed E-state index contributed by atoms with van der Waals surface area (Å²) < 4.78 is 12.0. The van der Waals surface area contributed by atoms with Crippen molar-refractivity contribution in [1.82, 2.24) is 5.09 Å². The van der Waals surface area contributed by atoms with E-state index in [9.17, 15) is 0 Å². The Labute approximate surface area is 119 Å². The van der Waals surface area contributed by atoms with Crippen molar-refractivity contribution in [3.05, 3.63) is 0 Å². The van der Waals surface area contributed by atoms with Crippen molar-refractivity contribution >= 4 is 74.7 Å². The van der Waals surface area contributed by atoms with E-state index in [1.54, 1.807) is 0 Å². The highest BCUT2D eigenvalue weighted by atomic mass is 35.9. The maximum absolute atomic E-state index is 6.24. The van der Waals surface area contributed by atoms with E-state index >= 15 is 0 Å². The third-order valence-electron chi connectivity index (χ3n) is 1.66. The molecular weight excluding hydrogens is 374 g/mol. The molecule has 1 aliphatic rings. The molecule has 2 unspecified atom stereocenters. The first-order valence-electron chi connectivity index (χ1n) is 4.25. The summed E-state index contributed by atoms with van der Waals surface area (Å²) in [5, 5.41) is 3.06. The van der Waals surface area contributed by atoms with Crippen LogP contribution in [-0.2, 0) is 0 Å². The third kappa shape index (κ3) is 5.00. The lowest BCUT2D eigenvalue weighted by Crippen LogP contribution is -2.19. The molecule has 0 aromatic carbocycles. The molecule has 0 aliphatic carbocycles. The van der Waals surface area contributed by atoms with Crippen LogP contribution >= 0.6 is 74.7 Å². The second kappa shape index (κ2) is 5.61. The van der Waals surface area contributed by atoms with Crippen molar-refractivity contribution < 1.29 is 0 Å². The maximum Gasteiger partial charge on any atom is 0.257 e. The second-order valence-electron chi connectivity index (χ2n) is 3.14. The molecule has 16 heavy (non-hydrogen) atoms. The number of halogens is 5. The first-order chi connectivity index (χ1) is 7.08. The van der Waals surface area contributed by atoms with Crippen LogP contribution < -0.4 is 5.09 Å². The molecule has 12 heteroatoms. The predicted octanol–water partition coefficient (Wildman–Crippen LogP) is 7.42. The lowest BCUT2D eigenvalue weighted by Gasteiger charge is -2.24.